The molecule has 0 aromatic carbocycles. The lowest BCUT2D eigenvalue weighted by molar-refractivity contribution is -0.0123. The van der Waals surface area contributed by atoms with Crippen LogP contribution in [0.1, 0.15) is 47.0 Å². The molecule has 0 saturated carbocycles. The average Bonchev–Trinajstić information content (AvgIpc) is 3.23. The minimum absolute atomic E-state index is 0.0810. The van der Waals surface area contributed by atoms with E-state index >= 15 is 0 Å². The van der Waals surface area contributed by atoms with Gasteiger partial charge in [-0.2, -0.15) is 0 Å². The molecule has 2 atom stereocenters. The van der Waals surface area contributed by atoms with Gasteiger partial charge in [0.2, 0.25) is 0 Å². The van der Waals surface area contributed by atoms with Crippen molar-refractivity contribution in [1.82, 2.24) is 0 Å². The van der Waals surface area contributed by atoms with E-state index in [-0.39, 0.29) is 5.73 Å². The van der Waals surface area contributed by atoms with Gasteiger partial charge >= 0.3 is 8.80 Å². The molecule has 0 aromatic heterocycles. The number of ether oxygens (including phenoxy) is 2. The molecular formula is C14H30O5Si. The molecule has 1 heterocycles. The SMILES string of the molecule is CCO[Si](OCC)(OCC)C(CC)OCCCC1CO1. The zero-order chi connectivity index (χ0) is 14.8. The van der Waals surface area contributed by atoms with Gasteiger partial charge in [0.1, 0.15) is 5.73 Å². The van der Waals surface area contributed by atoms with E-state index in [2.05, 4.69) is 6.92 Å². The third kappa shape index (κ3) is 5.79. The predicted molar refractivity (Wildman–Crippen MR) is 79.6 cm³/mol. The van der Waals surface area contributed by atoms with Crippen LogP contribution in [0.5, 0.6) is 0 Å². The fraction of sp³-hybridized carbons (Fsp3) is 1.00. The van der Waals surface area contributed by atoms with Crippen LogP contribution in [0.4, 0.5) is 0 Å². The Morgan fingerprint density at radius 2 is 1.60 bits per heavy atom. The van der Waals surface area contributed by atoms with E-state index in [1.165, 1.54) is 0 Å². The molecule has 0 aromatic rings. The largest absolute Gasteiger partial charge is 0.531 e. The van der Waals surface area contributed by atoms with Crippen molar-refractivity contribution in [2.45, 2.75) is 58.8 Å². The Bertz CT molecular complexity index is 231. The van der Waals surface area contributed by atoms with Crippen LogP contribution in [0.3, 0.4) is 0 Å². The number of hydrogen-bond acceptors (Lipinski definition) is 5. The third-order valence-electron chi connectivity index (χ3n) is 3.19. The zero-order valence-electron chi connectivity index (χ0n) is 13.4. The minimum Gasteiger partial charge on any atom is -0.374 e. The highest BCUT2D eigenvalue weighted by atomic mass is 28.4. The van der Waals surface area contributed by atoms with Gasteiger partial charge in [-0.1, -0.05) is 6.92 Å². The Kier molecular flexibility index (Phi) is 8.91. The second kappa shape index (κ2) is 9.86. The second-order valence-corrected chi connectivity index (χ2v) is 7.48. The molecule has 0 aliphatic carbocycles. The van der Waals surface area contributed by atoms with Crippen LogP contribution in [0.15, 0.2) is 0 Å². The summed E-state index contributed by atoms with van der Waals surface area (Å²) < 4.78 is 28.9. The number of epoxide rings is 1. The van der Waals surface area contributed by atoms with Crippen molar-refractivity contribution in [1.29, 1.82) is 0 Å². The topological polar surface area (TPSA) is 49.5 Å². The third-order valence-corrected chi connectivity index (χ3v) is 6.63. The maximum atomic E-state index is 6.02. The molecule has 5 nitrogen and oxygen atoms in total. The average molecular weight is 306 g/mol. The van der Waals surface area contributed by atoms with Crippen LogP contribution < -0.4 is 0 Å². The summed E-state index contributed by atoms with van der Waals surface area (Å²) in [6.07, 6.45) is 3.39. The van der Waals surface area contributed by atoms with Crippen LogP contribution >= 0.6 is 0 Å². The Morgan fingerprint density at radius 3 is 2.00 bits per heavy atom. The smallest absolute Gasteiger partial charge is 0.374 e. The van der Waals surface area contributed by atoms with Gasteiger partial charge in [0, 0.05) is 26.4 Å². The molecule has 6 heteroatoms. The summed E-state index contributed by atoms with van der Waals surface area (Å²) in [5.41, 5.74) is -0.0810. The van der Waals surface area contributed by atoms with E-state index in [4.69, 9.17) is 22.8 Å². The van der Waals surface area contributed by atoms with Gasteiger partial charge < -0.3 is 22.8 Å². The normalized spacial score (nSPS) is 20.1. The molecule has 0 bridgehead atoms. The van der Waals surface area contributed by atoms with Crippen molar-refractivity contribution < 1.29 is 22.8 Å². The Hall–Kier alpha value is 0.0169. The first kappa shape index (κ1) is 18.1. The van der Waals surface area contributed by atoms with Crippen molar-refractivity contribution in [2.75, 3.05) is 33.0 Å². The van der Waals surface area contributed by atoms with Gasteiger partial charge in [0.25, 0.3) is 0 Å². The summed E-state index contributed by atoms with van der Waals surface area (Å²) in [5, 5.41) is 0. The molecule has 0 N–H and O–H groups in total. The summed E-state index contributed by atoms with van der Waals surface area (Å²) in [6.45, 7) is 11.4. The Balaban J connectivity index is 2.50. The highest BCUT2D eigenvalue weighted by molar-refractivity contribution is 6.62. The number of hydrogen-bond donors (Lipinski definition) is 0. The van der Waals surface area contributed by atoms with Crippen molar-refractivity contribution in [3.63, 3.8) is 0 Å². The first-order valence-corrected chi connectivity index (χ1v) is 9.67. The van der Waals surface area contributed by atoms with Crippen molar-refractivity contribution in [3.05, 3.63) is 0 Å². The zero-order valence-corrected chi connectivity index (χ0v) is 14.4. The standard InChI is InChI=1S/C14H30O5Si/c1-5-14(15-11-9-10-13-12-16-13)20(17-6-2,18-7-3)19-8-4/h13-14H,5-12H2,1-4H3. The lowest BCUT2D eigenvalue weighted by atomic mass is 10.3. The van der Waals surface area contributed by atoms with E-state index in [1.807, 2.05) is 20.8 Å². The van der Waals surface area contributed by atoms with Gasteiger partial charge in [-0.3, -0.25) is 0 Å². The molecule has 0 radical (unpaired) electrons. The fourth-order valence-corrected chi connectivity index (χ4v) is 5.09. The molecule has 120 valence electrons. The van der Waals surface area contributed by atoms with Crippen molar-refractivity contribution >= 4 is 8.80 Å². The highest BCUT2D eigenvalue weighted by Gasteiger charge is 2.49. The van der Waals surface area contributed by atoms with E-state index in [0.29, 0.717) is 32.5 Å². The summed E-state index contributed by atoms with van der Waals surface area (Å²) >= 11 is 0. The van der Waals surface area contributed by atoms with Crippen LogP contribution in [0.25, 0.3) is 0 Å². The van der Waals surface area contributed by atoms with Gasteiger partial charge in [0.15, 0.2) is 0 Å². The molecular weight excluding hydrogens is 276 g/mol. The van der Waals surface area contributed by atoms with E-state index in [0.717, 1.165) is 25.9 Å². The fourth-order valence-electron chi connectivity index (χ4n) is 2.25. The molecule has 1 aliphatic heterocycles. The first-order valence-electron chi connectivity index (χ1n) is 7.87. The Morgan fingerprint density at radius 1 is 1.05 bits per heavy atom. The molecule has 1 fully saturated rings. The maximum absolute atomic E-state index is 6.02. The van der Waals surface area contributed by atoms with Crippen LogP contribution in [-0.4, -0.2) is 53.7 Å². The first-order chi connectivity index (χ1) is 9.72. The molecule has 0 spiro atoms. The molecule has 1 saturated heterocycles. The molecule has 1 rings (SSSR count). The summed E-state index contributed by atoms with van der Waals surface area (Å²) in [7, 11) is -2.74. The lowest BCUT2D eigenvalue weighted by Crippen LogP contribution is -2.57. The lowest BCUT2D eigenvalue weighted by Gasteiger charge is -2.34. The van der Waals surface area contributed by atoms with Crippen LogP contribution in [0, 0.1) is 0 Å². The van der Waals surface area contributed by atoms with Crippen molar-refractivity contribution in [2.24, 2.45) is 0 Å². The molecule has 0 amide bonds. The summed E-state index contributed by atoms with van der Waals surface area (Å²) in [4.78, 5) is 0. The van der Waals surface area contributed by atoms with Gasteiger partial charge in [-0.25, -0.2) is 0 Å². The van der Waals surface area contributed by atoms with Crippen LogP contribution in [-0.2, 0) is 22.8 Å². The maximum Gasteiger partial charge on any atom is 0.531 e. The van der Waals surface area contributed by atoms with Gasteiger partial charge in [0.05, 0.1) is 12.7 Å². The van der Waals surface area contributed by atoms with E-state index < -0.39 is 8.80 Å². The summed E-state index contributed by atoms with van der Waals surface area (Å²) in [6, 6.07) is 0. The summed E-state index contributed by atoms with van der Waals surface area (Å²) in [5.74, 6) is 0. The number of rotatable bonds is 13. The Labute approximate surface area is 124 Å². The second-order valence-electron chi connectivity index (χ2n) is 4.77. The molecule has 20 heavy (non-hydrogen) atoms. The van der Waals surface area contributed by atoms with Crippen molar-refractivity contribution in [3.8, 4) is 0 Å². The quantitative estimate of drug-likeness (QED) is 0.297. The monoisotopic (exact) mass is 306 g/mol. The van der Waals surface area contributed by atoms with E-state index in [1.54, 1.807) is 0 Å². The molecule has 2 unspecified atom stereocenters. The van der Waals surface area contributed by atoms with E-state index in [9.17, 15) is 0 Å². The van der Waals surface area contributed by atoms with Gasteiger partial charge in [-0.05, 0) is 40.0 Å². The molecule has 1 aliphatic rings. The van der Waals surface area contributed by atoms with Crippen LogP contribution in [0.2, 0.25) is 0 Å². The van der Waals surface area contributed by atoms with Gasteiger partial charge in [-0.15, -0.1) is 0 Å². The minimum atomic E-state index is -2.74. The predicted octanol–water partition coefficient (Wildman–Crippen LogP) is 2.55. The highest BCUT2D eigenvalue weighted by Crippen LogP contribution is 2.22.